The molecule has 0 saturated carbocycles. The van der Waals surface area contributed by atoms with Crippen LogP contribution in [0.1, 0.15) is 13.1 Å². The fourth-order valence-electron chi connectivity index (χ4n) is 1.92. The Kier molecular flexibility index (Phi) is 2.64. The third-order valence-electron chi connectivity index (χ3n) is 2.80. The first-order valence-electron chi connectivity index (χ1n) is 5.81. The van der Waals surface area contributed by atoms with Crippen molar-refractivity contribution in [1.82, 2.24) is 20.0 Å². The van der Waals surface area contributed by atoms with Crippen molar-refractivity contribution in [2.24, 2.45) is 0 Å². The quantitative estimate of drug-likeness (QED) is 0.762. The van der Waals surface area contributed by atoms with Gasteiger partial charge in [0.05, 0.1) is 5.52 Å². The molecule has 3 aromatic rings. The molecule has 1 unspecified atom stereocenters. The fourth-order valence-corrected chi connectivity index (χ4v) is 1.92. The van der Waals surface area contributed by atoms with Crippen molar-refractivity contribution in [3.63, 3.8) is 0 Å². The molecule has 0 aliphatic carbocycles. The zero-order valence-electron chi connectivity index (χ0n) is 9.99. The van der Waals surface area contributed by atoms with E-state index >= 15 is 0 Å². The van der Waals surface area contributed by atoms with E-state index in [9.17, 15) is 0 Å². The Balaban J connectivity index is 1.90. The molecule has 5 nitrogen and oxygen atoms in total. The largest absolute Gasteiger partial charge is 0.364 e. The van der Waals surface area contributed by atoms with Gasteiger partial charge < -0.3 is 5.32 Å². The second kappa shape index (κ2) is 4.44. The molecular weight excluding hydrogens is 226 g/mol. The Labute approximate surface area is 104 Å². The van der Waals surface area contributed by atoms with Gasteiger partial charge in [-0.05, 0) is 31.2 Å². The van der Waals surface area contributed by atoms with Gasteiger partial charge in [-0.25, -0.2) is 4.68 Å². The maximum Gasteiger partial charge on any atom is 0.120 e. The molecule has 0 aliphatic heterocycles. The van der Waals surface area contributed by atoms with E-state index in [0.717, 1.165) is 16.7 Å². The monoisotopic (exact) mass is 239 g/mol. The number of nitrogens with zero attached hydrogens (tertiary/aromatic N) is 4. The maximum atomic E-state index is 4.18. The van der Waals surface area contributed by atoms with Crippen molar-refractivity contribution in [3.05, 3.63) is 48.8 Å². The van der Waals surface area contributed by atoms with Crippen LogP contribution in [0.5, 0.6) is 0 Å². The number of anilines is 1. The lowest BCUT2D eigenvalue weighted by Crippen LogP contribution is -2.16. The van der Waals surface area contributed by atoms with Gasteiger partial charge in [0.1, 0.15) is 11.7 Å². The van der Waals surface area contributed by atoms with Crippen molar-refractivity contribution in [2.45, 2.75) is 13.1 Å². The third-order valence-corrected chi connectivity index (χ3v) is 2.80. The van der Waals surface area contributed by atoms with Crippen LogP contribution in [0, 0.1) is 0 Å². The molecule has 1 atom stereocenters. The minimum absolute atomic E-state index is 0.0276. The molecule has 1 N–H and O–H groups in total. The summed E-state index contributed by atoms with van der Waals surface area (Å²) in [6.45, 7) is 2.04. The molecule has 18 heavy (non-hydrogen) atoms. The van der Waals surface area contributed by atoms with E-state index in [1.54, 1.807) is 12.4 Å². The van der Waals surface area contributed by atoms with Crippen molar-refractivity contribution < 1.29 is 0 Å². The molecule has 90 valence electrons. The topological polar surface area (TPSA) is 55.6 Å². The molecule has 0 bridgehead atoms. The molecule has 5 heteroatoms. The summed E-state index contributed by atoms with van der Waals surface area (Å²) in [5, 5.41) is 11.7. The number of benzene rings is 1. The van der Waals surface area contributed by atoms with Gasteiger partial charge in [0.25, 0.3) is 0 Å². The van der Waals surface area contributed by atoms with E-state index < -0.39 is 0 Å². The molecule has 0 amide bonds. The van der Waals surface area contributed by atoms with Crippen LogP contribution in [-0.4, -0.2) is 20.0 Å². The van der Waals surface area contributed by atoms with Gasteiger partial charge in [-0.3, -0.25) is 4.98 Å². The van der Waals surface area contributed by atoms with Gasteiger partial charge in [0, 0.05) is 18.1 Å². The third kappa shape index (κ3) is 1.90. The normalized spacial score (nSPS) is 12.5. The summed E-state index contributed by atoms with van der Waals surface area (Å²) in [4.78, 5) is 3.99. The highest BCUT2D eigenvalue weighted by Gasteiger charge is 2.09. The minimum atomic E-state index is 0.0276. The van der Waals surface area contributed by atoms with Gasteiger partial charge in [0.2, 0.25) is 0 Å². The molecule has 0 radical (unpaired) electrons. The SMILES string of the molecule is CC(Nc1ccncc1)n1nnc2ccccc21. The summed E-state index contributed by atoms with van der Waals surface area (Å²) >= 11 is 0. The van der Waals surface area contributed by atoms with Crippen molar-refractivity contribution >= 4 is 16.7 Å². The summed E-state index contributed by atoms with van der Waals surface area (Å²) in [6.07, 6.45) is 3.54. The van der Waals surface area contributed by atoms with Gasteiger partial charge in [0.15, 0.2) is 0 Å². The number of hydrogen-bond donors (Lipinski definition) is 1. The van der Waals surface area contributed by atoms with Gasteiger partial charge >= 0.3 is 0 Å². The second-order valence-corrected chi connectivity index (χ2v) is 4.08. The maximum absolute atomic E-state index is 4.18. The minimum Gasteiger partial charge on any atom is -0.364 e. The van der Waals surface area contributed by atoms with E-state index in [1.807, 2.05) is 48.0 Å². The summed E-state index contributed by atoms with van der Waals surface area (Å²) in [6, 6.07) is 11.8. The Hall–Kier alpha value is -2.43. The van der Waals surface area contributed by atoms with Gasteiger partial charge in [-0.2, -0.15) is 0 Å². The Morgan fingerprint density at radius 3 is 2.72 bits per heavy atom. The first kappa shape index (κ1) is 10.7. The van der Waals surface area contributed by atoms with E-state index in [-0.39, 0.29) is 6.17 Å². The smallest absolute Gasteiger partial charge is 0.120 e. The van der Waals surface area contributed by atoms with Crippen molar-refractivity contribution in [3.8, 4) is 0 Å². The van der Waals surface area contributed by atoms with Crippen LogP contribution < -0.4 is 5.32 Å². The average molecular weight is 239 g/mol. The number of fused-ring (bicyclic) bond motifs is 1. The van der Waals surface area contributed by atoms with Crippen LogP contribution in [0.2, 0.25) is 0 Å². The number of nitrogens with one attached hydrogen (secondary N) is 1. The van der Waals surface area contributed by atoms with Gasteiger partial charge in [-0.1, -0.05) is 17.3 Å². The predicted molar refractivity (Wildman–Crippen MR) is 70.1 cm³/mol. The van der Waals surface area contributed by atoms with E-state index in [0.29, 0.717) is 0 Å². The number of pyridine rings is 1. The molecule has 0 spiro atoms. The molecule has 0 fully saturated rings. The standard InChI is InChI=1S/C13H13N5/c1-10(15-11-6-8-14-9-7-11)18-13-5-3-2-4-12(13)16-17-18/h2-10H,1H3,(H,14,15). The lowest BCUT2D eigenvalue weighted by Gasteiger charge is -2.15. The second-order valence-electron chi connectivity index (χ2n) is 4.08. The molecular formula is C13H13N5. The Morgan fingerprint density at radius 2 is 1.89 bits per heavy atom. The summed E-state index contributed by atoms with van der Waals surface area (Å²) < 4.78 is 1.87. The number of para-hydroxylation sites is 1. The first-order valence-corrected chi connectivity index (χ1v) is 5.81. The number of hydrogen-bond acceptors (Lipinski definition) is 4. The first-order chi connectivity index (χ1) is 8.84. The molecule has 0 aliphatic rings. The predicted octanol–water partition coefficient (Wildman–Crippen LogP) is 2.46. The molecule has 3 rings (SSSR count). The van der Waals surface area contributed by atoms with Crippen LogP contribution in [0.4, 0.5) is 5.69 Å². The summed E-state index contributed by atoms with van der Waals surface area (Å²) in [7, 11) is 0. The van der Waals surface area contributed by atoms with E-state index in [4.69, 9.17) is 0 Å². The number of rotatable bonds is 3. The van der Waals surface area contributed by atoms with Crippen molar-refractivity contribution in [2.75, 3.05) is 5.32 Å². The van der Waals surface area contributed by atoms with Crippen LogP contribution in [0.15, 0.2) is 48.8 Å². The van der Waals surface area contributed by atoms with E-state index in [1.165, 1.54) is 0 Å². The average Bonchev–Trinajstić information content (AvgIpc) is 2.84. The highest BCUT2D eigenvalue weighted by Crippen LogP contribution is 2.17. The molecule has 2 heterocycles. The van der Waals surface area contributed by atoms with Gasteiger partial charge in [-0.15, -0.1) is 5.10 Å². The Morgan fingerprint density at radius 1 is 1.11 bits per heavy atom. The van der Waals surface area contributed by atoms with E-state index in [2.05, 4.69) is 20.6 Å². The van der Waals surface area contributed by atoms with Crippen LogP contribution >= 0.6 is 0 Å². The fraction of sp³-hybridized carbons (Fsp3) is 0.154. The molecule has 2 aromatic heterocycles. The highest BCUT2D eigenvalue weighted by molar-refractivity contribution is 5.74. The lowest BCUT2D eigenvalue weighted by atomic mass is 10.3. The summed E-state index contributed by atoms with van der Waals surface area (Å²) in [5.74, 6) is 0. The number of aromatic nitrogens is 4. The summed E-state index contributed by atoms with van der Waals surface area (Å²) in [5.41, 5.74) is 2.93. The molecule has 1 aromatic carbocycles. The zero-order valence-corrected chi connectivity index (χ0v) is 9.99. The molecule has 0 saturated heterocycles. The van der Waals surface area contributed by atoms with Crippen molar-refractivity contribution in [1.29, 1.82) is 0 Å². The lowest BCUT2D eigenvalue weighted by molar-refractivity contribution is 0.542. The van der Waals surface area contributed by atoms with Crippen LogP contribution in [-0.2, 0) is 0 Å². The van der Waals surface area contributed by atoms with Crippen LogP contribution in [0.25, 0.3) is 11.0 Å². The highest BCUT2D eigenvalue weighted by atomic mass is 15.5. The Bertz CT molecular complexity index is 647. The zero-order chi connectivity index (χ0) is 12.4. The van der Waals surface area contributed by atoms with Crippen LogP contribution in [0.3, 0.4) is 0 Å².